The molecule has 2 aliphatic heterocycles. The molecular formula is C16H23N5O2. The van der Waals surface area contributed by atoms with Crippen LogP contribution in [0, 0.1) is 0 Å². The van der Waals surface area contributed by atoms with E-state index in [0.29, 0.717) is 13.1 Å². The molecule has 0 bridgehead atoms. The molecule has 2 aliphatic rings. The number of nitrogens with one attached hydrogen (secondary N) is 1. The van der Waals surface area contributed by atoms with E-state index in [9.17, 15) is 9.59 Å². The number of benzene rings is 1. The Bertz CT molecular complexity index is 557. The first-order valence-electron chi connectivity index (χ1n) is 7.98. The average Bonchev–Trinajstić information content (AvgIpc) is 2.91. The van der Waals surface area contributed by atoms with Gasteiger partial charge < -0.3 is 9.80 Å². The molecule has 1 N–H and O–H groups in total. The molecule has 2 heterocycles. The maximum atomic E-state index is 12.4. The number of carbonyl (C=O) groups is 2. The standard InChI is InChI=1S/C16H23N5O2/c1-18-7-10-20(11-8-18)17-15(22)13-19-9-12-21(16(19)23)14-5-3-2-4-6-14/h2-6H,7-13H2,1H3,(H,17,22). The van der Waals surface area contributed by atoms with E-state index in [4.69, 9.17) is 0 Å². The lowest BCUT2D eigenvalue weighted by atomic mass is 10.3. The van der Waals surface area contributed by atoms with Crippen LogP contribution in [0.1, 0.15) is 0 Å². The maximum Gasteiger partial charge on any atom is 0.325 e. The summed E-state index contributed by atoms with van der Waals surface area (Å²) in [7, 11) is 2.07. The number of hydrogen-bond donors (Lipinski definition) is 1. The number of urea groups is 1. The van der Waals surface area contributed by atoms with E-state index < -0.39 is 0 Å². The Morgan fingerprint density at radius 3 is 2.43 bits per heavy atom. The van der Waals surface area contributed by atoms with Crippen LogP contribution in [0.25, 0.3) is 0 Å². The van der Waals surface area contributed by atoms with Crippen molar-refractivity contribution in [1.82, 2.24) is 20.2 Å². The third-order valence-electron chi connectivity index (χ3n) is 4.28. The number of carbonyl (C=O) groups excluding carboxylic acids is 2. The minimum absolute atomic E-state index is 0.106. The summed E-state index contributed by atoms with van der Waals surface area (Å²) in [4.78, 5) is 30.1. The highest BCUT2D eigenvalue weighted by Gasteiger charge is 2.31. The number of amides is 3. The fraction of sp³-hybridized carbons (Fsp3) is 0.500. The molecule has 7 nitrogen and oxygen atoms in total. The van der Waals surface area contributed by atoms with Crippen molar-refractivity contribution < 1.29 is 9.59 Å². The first kappa shape index (κ1) is 15.8. The predicted octanol–water partition coefficient (Wildman–Crippen LogP) is 0.207. The Kier molecular flexibility index (Phi) is 4.78. The zero-order valence-corrected chi connectivity index (χ0v) is 13.4. The summed E-state index contributed by atoms with van der Waals surface area (Å²) in [6.07, 6.45) is 0. The van der Waals surface area contributed by atoms with Crippen molar-refractivity contribution in [2.24, 2.45) is 0 Å². The second kappa shape index (κ2) is 6.97. The summed E-state index contributed by atoms with van der Waals surface area (Å²) >= 11 is 0. The quantitative estimate of drug-likeness (QED) is 0.862. The monoisotopic (exact) mass is 317 g/mol. The van der Waals surface area contributed by atoms with Crippen molar-refractivity contribution in [1.29, 1.82) is 0 Å². The van der Waals surface area contributed by atoms with E-state index in [0.717, 1.165) is 31.9 Å². The highest BCUT2D eigenvalue weighted by molar-refractivity contribution is 5.96. The van der Waals surface area contributed by atoms with Gasteiger partial charge in [0, 0.05) is 45.0 Å². The fourth-order valence-electron chi connectivity index (χ4n) is 2.88. The molecule has 0 saturated carbocycles. The van der Waals surface area contributed by atoms with Gasteiger partial charge in [-0.15, -0.1) is 0 Å². The second-order valence-corrected chi connectivity index (χ2v) is 6.02. The number of anilines is 1. The fourth-order valence-corrected chi connectivity index (χ4v) is 2.88. The first-order valence-corrected chi connectivity index (χ1v) is 7.98. The van der Waals surface area contributed by atoms with Crippen molar-refractivity contribution in [3.8, 4) is 0 Å². The lowest BCUT2D eigenvalue weighted by Gasteiger charge is -2.32. The van der Waals surface area contributed by atoms with Gasteiger partial charge in [-0.3, -0.25) is 15.1 Å². The zero-order valence-electron chi connectivity index (χ0n) is 13.4. The minimum Gasteiger partial charge on any atom is -0.313 e. The molecule has 3 amide bonds. The SMILES string of the molecule is CN1CCN(NC(=O)CN2CCN(c3ccccc3)C2=O)CC1. The molecule has 0 spiro atoms. The molecule has 124 valence electrons. The van der Waals surface area contributed by atoms with E-state index in [1.807, 2.05) is 35.3 Å². The van der Waals surface area contributed by atoms with Crippen LogP contribution in [0.3, 0.4) is 0 Å². The van der Waals surface area contributed by atoms with Crippen molar-refractivity contribution in [3.05, 3.63) is 30.3 Å². The van der Waals surface area contributed by atoms with Crippen molar-refractivity contribution in [2.75, 3.05) is 57.8 Å². The summed E-state index contributed by atoms with van der Waals surface area (Å²) in [5.41, 5.74) is 3.77. The number of para-hydroxylation sites is 1. The van der Waals surface area contributed by atoms with Gasteiger partial charge in [-0.05, 0) is 19.2 Å². The molecule has 23 heavy (non-hydrogen) atoms. The molecule has 0 aliphatic carbocycles. The number of piperazine rings is 1. The van der Waals surface area contributed by atoms with Gasteiger partial charge in [0.05, 0.1) is 0 Å². The van der Waals surface area contributed by atoms with Gasteiger partial charge in [0.1, 0.15) is 6.54 Å². The normalized spacial score (nSPS) is 20.1. The molecule has 0 aromatic heterocycles. The van der Waals surface area contributed by atoms with Crippen LogP contribution in [0.2, 0.25) is 0 Å². The van der Waals surface area contributed by atoms with Crippen LogP contribution >= 0.6 is 0 Å². The zero-order chi connectivity index (χ0) is 16.2. The Labute approximate surface area is 136 Å². The largest absolute Gasteiger partial charge is 0.325 e. The third kappa shape index (κ3) is 3.80. The van der Waals surface area contributed by atoms with Crippen LogP contribution in [0.4, 0.5) is 10.5 Å². The van der Waals surface area contributed by atoms with E-state index in [1.54, 1.807) is 9.80 Å². The molecule has 7 heteroatoms. The highest BCUT2D eigenvalue weighted by Crippen LogP contribution is 2.19. The lowest BCUT2D eigenvalue weighted by molar-refractivity contribution is -0.127. The maximum absolute atomic E-state index is 12.4. The Hall–Kier alpha value is -2.12. The van der Waals surface area contributed by atoms with Crippen molar-refractivity contribution in [2.45, 2.75) is 0 Å². The number of hydrazine groups is 1. The van der Waals surface area contributed by atoms with Gasteiger partial charge in [-0.1, -0.05) is 18.2 Å². The molecule has 2 fully saturated rings. The Morgan fingerprint density at radius 2 is 1.74 bits per heavy atom. The second-order valence-electron chi connectivity index (χ2n) is 6.02. The molecule has 1 aromatic rings. The summed E-state index contributed by atoms with van der Waals surface area (Å²) in [5, 5.41) is 1.93. The number of hydrogen-bond acceptors (Lipinski definition) is 4. The molecule has 0 atom stereocenters. The smallest absolute Gasteiger partial charge is 0.313 e. The third-order valence-corrected chi connectivity index (χ3v) is 4.28. The van der Waals surface area contributed by atoms with Gasteiger partial charge in [0.2, 0.25) is 0 Å². The predicted molar refractivity (Wildman–Crippen MR) is 88.0 cm³/mol. The summed E-state index contributed by atoms with van der Waals surface area (Å²) in [6.45, 7) is 4.79. The van der Waals surface area contributed by atoms with Gasteiger partial charge in [-0.25, -0.2) is 9.80 Å². The average molecular weight is 317 g/mol. The van der Waals surface area contributed by atoms with E-state index >= 15 is 0 Å². The van der Waals surface area contributed by atoms with Crippen LogP contribution in [-0.4, -0.2) is 79.6 Å². The molecular weight excluding hydrogens is 294 g/mol. The molecule has 2 saturated heterocycles. The van der Waals surface area contributed by atoms with Crippen molar-refractivity contribution >= 4 is 17.6 Å². The Balaban J connectivity index is 1.51. The molecule has 0 radical (unpaired) electrons. The van der Waals surface area contributed by atoms with E-state index in [2.05, 4.69) is 17.4 Å². The Morgan fingerprint density at radius 1 is 1.04 bits per heavy atom. The highest BCUT2D eigenvalue weighted by atomic mass is 16.2. The lowest BCUT2D eigenvalue weighted by Crippen LogP contribution is -2.54. The van der Waals surface area contributed by atoms with Gasteiger partial charge in [0.15, 0.2) is 0 Å². The molecule has 1 aromatic carbocycles. The molecule has 0 unspecified atom stereocenters. The number of likely N-dealkylation sites (N-methyl/N-ethyl adjacent to an activating group) is 1. The van der Waals surface area contributed by atoms with Crippen LogP contribution in [0.15, 0.2) is 30.3 Å². The van der Waals surface area contributed by atoms with Gasteiger partial charge in [0.25, 0.3) is 5.91 Å². The van der Waals surface area contributed by atoms with Gasteiger partial charge >= 0.3 is 6.03 Å². The summed E-state index contributed by atoms with van der Waals surface area (Å²) < 4.78 is 0. The van der Waals surface area contributed by atoms with E-state index in [-0.39, 0.29) is 18.5 Å². The topological polar surface area (TPSA) is 59.1 Å². The number of rotatable bonds is 4. The minimum atomic E-state index is -0.127. The van der Waals surface area contributed by atoms with E-state index in [1.165, 1.54) is 0 Å². The summed E-state index contributed by atoms with van der Waals surface area (Å²) in [5.74, 6) is -0.127. The number of nitrogens with zero attached hydrogens (tertiary/aromatic N) is 4. The first-order chi connectivity index (χ1) is 11.1. The molecule has 3 rings (SSSR count). The van der Waals surface area contributed by atoms with Crippen LogP contribution < -0.4 is 10.3 Å². The van der Waals surface area contributed by atoms with Gasteiger partial charge in [-0.2, -0.15) is 0 Å². The van der Waals surface area contributed by atoms with Crippen LogP contribution in [0.5, 0.6) is 0 Å². The van der Waals surface area contributed by atoms with Crippen molar-refractivity contribution in [3.63, 3.8) is 0 Å². The summed E-state index contributed by atoms with van der Waals surface area (Å²) in [6, 6.07) is 9.45. The van der Waals surface area contributed by atoms with Crippen LogP contribution in [-0.2, 0) is 4.79 Å².